The van der Waals surface area contributed by atoms with Crippen LogP contribution in [0.4, 0.5) is 5.69 Å². The molecule has 4 aliphatic rings. The molecule has 0 aromatic heterocycles. The van der Waals surface area contributed by atoms with Gasteiger partial charge in [-0.25, -0.2) is 0 Å². The number of piperidine rings is 1. The lowest BCUT2D eigenvalue weighted by Crippen LogP contribution is -2.43. The van der Waals surface area contributed by atoms with Gasteiger partial charge in [0, 0.05) is 49.2 Å². The van der Waals surface area contributed by atoms with Crippen molar-refractivity contribution >= 4 is 35.0 Å². The van der Waals surface area contributed by atoms with E-state index in [-0.39, 0.29) is 18.0 Å². The third kappa shape index (κ3) is 5.38. The van der Waals surface area contributed by atoms with E-state index in [1.54, 1.807) is 0 Å². The molecule has 0 bridgehead atoms. The molecule has 1 amide bonds. The van der Waals surface area contributed by atoms with Gasteiger partial charge in [0.1, 0.15) is 0 Å². The minimum Gasteiger partial charge on any atom is -0.382 e. The number of allylic oxidation sites excluding steroid dienone is 4. The summed E-state index contributed by atoms with van der Waals surface area (Å²) in [5, 5.41) is 13.9. The van der Waals surface area contributed by atoms with Crippen molar-refractivity contribution < 1.29 is 4.79 Å². The maximum absolute atomic E-state index is 13.1. The Morgan fingerprint density at radius 1 is 1.24 bits per heavy atom. The van der Waals surface area contributed by atoms with E-state index in [0.717, 1.165) is 42.5 Å². The number of hydrogen-bond donors (Lipinski definition) is 1. The zero-order valence-electron chi connectivity index (χ0n) is 21.8. The quantitative estimate of drug-likeness (QED) is 0.592. The molecule has 1 aromatic rings. The molecule has 1 fully saturated rings. The van der Waals surface area contributed by atoms with Gasteiger partial charge in [0.05, 0.1) is 29.3 Å². The molecule has 3 aliphatic heterocycles. The summed E-state index contributed by atoms with van der Waals surface area (Å²) in [6.45, 7) is 6.32. The molecule has 192 valence electrons. The van der Waals surface area contributed by atoms with Crippen LogP contribution in [-0.4, -0.2) is 60.7 Å². The number of halogens is 1. The van der Waals surface area contributed by atoms with Crippen LogP contribution in [0.15, 0.2) is 57.7 Å². The second kappa shape index (κ2) is 10.6. The topological polar surface area (TPSA) is 71.7 Å². The van der Waals surface area contributed by atoms with Gasteiger partial charge in [-0.1, -0.05) is 30.7 Å². The summed E-state index contributed by atoms with van der Waals surface area (Å²) in [6, 6.07) is 7.36. The number of amides is 1. The fourth-order valence-electron chi connectivity index (χ4n) is 5.59. The molecule has 37 heavy (non-hydrogen) atoms. The zero-order valence-corrected chi connectivity index (χ0v) is 22.6. The van der Waals surface area contributed by atoms with Gasteiger partial charge in [0.2, 0.25) is 0 Å². The Morgan fingerprint density at radius 3 is 2.76 bits per heavy atom. The predicted octanol–water partition coefficient (Wildman–Crippen LogP) is 5.28. The van der Waals surface area contributed by atoms with E-state index in [2.05, 4.69) is 37.4 Å². The van der Waals surface area contributed by atoms with Gasteiger partial charge >= 0.3 is 0 Å². The van der Waals surface area contributed by atoms with Crippen LogP contribution in [0.2, 0.25) is 0 Å². The molecule has 1 aliphatic carbocycles. The summed E-state index contributed by atoms with van der Waals surface area (Å²) in [6.07, 6.45) is 13.3. The SMILES string of the molecule is CC1Cc2cc(C3=CC(C#N)=CCC3C)cc(NC3CCN(C(=O)C4=C(Cl)CN(C)C=C4)CC3)c2C=N1. The number of rotatable bonds is 4. The van der Waals surface area contributed by atoms with Crippen LogP contribution in [0.25, 0.3) is 5.57 Å². The number of aliphatic imine (C=N–C) groups is 1. The molecule has 1 saturated heterocycles. The number of fused-ring (bicyclic) bond motifs is 1. The summed E-state index contributed by atoms with van der Waals surface area (Å²) in [4.78, 5) is 21.7. The maximum Gasteiger partial charge on any atom is 0.255 e. The van der Waals surface area contributed by atoms with Crippen LogP contribution in [-0.2, 0) is 11.2 Å². The highest BCUT2D eigenvalue weighted by molar-refractivity contribution is 6.32. The third-order valence-electron chi connectivity index (χ3n) is 7.78. The van der Waals surface area contributed by atoms with Crippen LogP contribution in [0.5, 0.6) is 0 Å². The Balaban J connectivity index is 1.35. The van der Waals surface area contributed by atoms with Crippen LogP contribution < -0.4 is 5.32 Å². The van der Waals surface area contributed by atoms with E-state index in [9.17, 15) is 10.1 Å². The average molecular weight is 516 g/mol. The lowest BCUT2D eigenvalue weighted by atomic mass is 9.83. The standard InChI is InChI=1S/C30H34ClN5O/c1-19-4-5-21(16-32)13-26(19)23-14-22-12-20(2)33-17-27(22)29(15-23)34-24-6-10-36(11-7-24)30(37)25-8-9-35(3)18-28(25)31/h5,8-9,13-15,17,19-20,24,34H,4,6-7,10-12,18H2,1-3H3. The van der Waals surface area contributed by atoms with E-state index in [1.807, 2.05) is 47.5 Å². The lowest BCUT2D eigenvalue weighted by Gasteiger charge is -2.34. The number of anilines is 1. The highest BCUT2D eigenvalue weighted by Crippen LogP contribution is 2.36. The summed E-state index contributed by atoms with van der Waals surface area (Å²) in [5.41, 5.74) is 7.30. The lowest BCUT2D eigenvalue weighted by molar-refractivity contribution is -0.127. The molecule has 2 atom stereocenters. The van der Waals surface area contributed by atoms with E-state index in [4.69, 9.17) is 16.6 Å². The van der Waals surface area contributed by atoms with Gasteiger partial charge in [-0.05, 0) is 79.6 Å². The van der Waals surface area contributed by atoms with Crippen LogP contribution in [0.1, 0.15) is 49.8 Å². The van der Waals surface area contributed by atoms with Crippen molar-refractivity contribution in [3.63, 3.8) is 0 Å². The zero-order chi connectivity index (χ0) is 26.1. The number of hydrogen-bond acceptors (Lipinski definition) is 5. The van der Waals surface area contributed by atoms with Gasteiger partial charge in [-0.15, -0.1) is 0 Å². The molecule has 3 heterocycles. The molecule has 5 rings (SSSR count). The highest BCUT2D eigenvalue weighted by atomic mass is 35.5. The summed E-state index contributed by atoms with van der Waals surface area (Å²) in [5.74, 6) is 0.384. The second-order valence-corrected chi connectivity index (χ2v) is 11.2. The van der Waals surface area contributed by atoms with Crippen molar-refractivity contribution in [2.45, 2.75) is 51.6 Å². The molecule has 1 aromatic carbocycles. The number of nitrogens with zero attached hydrogens (tertiary/aromatic N) is 4. The number of carbonyl (C=O) groups excluding carboxylic acids is 1. The number of likely N-dealkylation sites (tertiary alicyclic amines) is 1. The largest absolute Gasteiger partial charge is 0.382 e. The molecule has 0 saturated carbocycles. The van der Waals surface area contributed by atoms with Gasteiger partial charge in [0.15, 0.2) is 0 Å². The fraction of sp³-hybridized carbons (Fsp3) is 0.433. The van der Waals surface area contributed by atoms with Crippen LogP contribution >= 0.6 is 11.6 Å². The molecule has 7 heteroatoms. The molecule has 1 N–H and O–H groups in total. The number of nitriles is 1. The number of benzene rings is 1. The molecule has 0 radical (unpaired) electrons. The Morgan fingerprint density at radius 2 is 2.03 bits per heavy atom. The summed E-state index contributed by atoms with van der Waals surface area (Å²) >= 11 is 6.40. The smallest absolute Gasteiger partial charge is 0.255 e. The van der Waals surface area contributed by atoms with Crippen molar-refractivity contribution in [3.8, 4) is 6.07 Å². The van der Waals surface area contributed by atoms with Gasteiger partial charge < -0.3 is 15.1 Å². The van der Waals surface area contributed by atoms with E-state index in [0.29, 0.717) is 36.2 Å². The summed E-state index contributed by atoms with van der Waals surface area (Å²) < 4.78 is 0. The van der Waals surface area contributed by atoms with E-state index < -0.39 is 0 Å². The summed E-state index contributed by atoms with van der Waals surface area (Å²) in [7, 11) is 1.95. The van der Waals surface area contributed by atoms with Crippen molar-refractivity contribution in [2.75, 3.05) is 32.0 Å². The first-order valence-electron chi connectivity index (χ1n) is 13.2. The molecule has 6 nitrogen and oxygen atoms in total. The van der Waals surface area contributed by atoms with Gasteiger partial charge in [-0.3, -0.25) is 9.79 Å². The average Bonchev–Trinajstić information content (AvgIpc) is 2.88. The van der Waals surface area contributed by atoms with E-state index >= 15 is 0 Å². The van der Waals surface area contributed by atoms with Crippen molar-refractivity contribution in [3.05, 3.63) is 69.4 Å². The number of carbonyl (C=O) groups is 1. The Bertz CT molecular complexity index is 1290. The second-order valence-electron chi connectivity index (χ2n) is 10.7. The predicted molar refractivity (Wildman–Crippen MR) is 151 cm³/mol. The van der Waals surface area contributed by atoms with Gasteiger partial charge in [-0.2, -0.15) is 5.26 Å². The minimum absolute atomic E-state index is 0.0212. The molecule has 0 spiro atoms. The first kappa shape index (κ1) is 25.4. The molecule has 2 unspecified atom stereocenters. The van der Waals surface area contributed by atoms with Crippen LogP contribution in [0.3, 0.4) is 0 Å². The fourth-order valence-corrected chi connectivity index (χ4v) is 5.92. The Kier molecular flexibility index (Phi) is 7.26. The normalized spacial score (nSPS) is 23.9. The van der Waals surface area contributed by atoms with E-state index in [1.165, 1.54) is 16.7 Å². The maximum atomic E-state index is 13.1. The van der Waals surface area contributed by atoms with Crippen LogP contribution in [0, 0.1) is 17.2 Å². The van der Waals surface area contributed by atoms with Crippen molar-refractivity contribution in [1.82, 2.24) is 9.80 Å². The molecular formula is C30H34ClN5O. The third-order valence-corrected chi connectivity index (χ3v) is 8.11. The first-order valence-corrected chi connectivity index (χ1v) is 13.6. The van der Waals surface area contributed by atoms with Crippen molar-refractivity contribution in [2.24, 2.45) is 10.9 Å². The molecular weight excluding hydrogens is 482 g/mol. The van der Waals surface area contributed by atoms with Gasteiger partial charge in [0.25, 0.3) is 5.91 Å². The number of likely N-dealkylation sites (N-methyl/N-ethyl adjacent to an activating group) is 1. The van der Waals surface area contributed by atoms with Crippen molar-refractivity contribution in [1.29, 1.82) is 5.26 Å². The number of nitrogens with one attached hydrogen (secondary N) is 1. The Labute approximate surface area is 224 Å². The monoisotopic (exact) mass is 515 g/mol. The Hall–Kier alpha value is -3.30. The minimum atomic E-state index is 0.0212. The highest BCUT2D eigenvalue weighted by Gasteiger charge is 2.28. The first-order chi connectivity index (χ1) is 17.8.